The molecule has 2 N–H and O–H groups in total. The molecular formula is C14H29NO2. The SMILES string of the molecule is COCC(CO)NC1CCC(C(C)(C)C)CC1. The zero-order valence-corrected chi connectivity index (χ0v) is 11.8. The third-order valence-corrected chi connectivity index (χ3v) is 4.01. The van der Waals surface area contributed by atoms with Crippen LogP contribution in [0.4, 0.5) is 0 Å². The summed E-state index contributed by atoms with van der Waals surface area (Å²) in [6.45, 7) is 7.77. The average molecular weight is 243 g/mol. The number of aliphatic hydroxyl groups excluding tert-OH is 1. The highest BCUT2D eigenvalue weighted by molar-refractivity contribution is 4.84. The summed E-state index contributed by atoms with van der Waals surface area (Å²) in [6, 6.07) is 0.650. The van der Waals surface area contributed by atoms with Crippen LogP contribution in [0.3, 0.4) is 0 Å². The summed E-state index contributed by atoms with van der Waals surface area (Å²) in [4.78, 5) is 0. The molecule has 0 spiro atoms. The molecule has 1 rings (SSSR count). The van der Waals surface area contributed by atoms with Gasteiger partial charge < -0.3 is 15.2 Å². The lowest BCUT2D eigenvalue weighted by Gasteiger charge is -2.38. The van der Waals surface area contributed by atoms with E-state index in [0.29, 0.717) is 18.1 Å². The third-order valence-electron chi connectivity index (χ3n) is 4.01. The lowest BCUT2D eigenvalue weighted by atomic mass is 9.71. The zero-order valence-electron chi connectivity index (χ0n) is 11.8. The van der Waals surface area contributed by atoms with Crippen molar-refractivity contribution in [3.8, 4) is 0 Å². The van der Waals surface area contributed by atoms with Crippen molar-refractivity contribution in [2.75, 3.05) is 20.3 Å². The molecule has 3 heteroatoms. The van der Waals surface area contributed by atoms with E-state index in [0.717, 1.165) is 5.92 Å². The van der Waals surface area contributed by atoms with Crippen LogP contribution in [0.15, 0.2) is 0 Å². The van der Waals surface area contributed by atoms with Crippen molar-refractivity contribution in [3.63, 3.8) is 0 Å². The average Bonchev–Trinajstić information content (AvgIpc) is 2.28. The molecule has 0 aromatic heterocycles. The van der Waals surface area contributed by atoms with Crippen LogP contribution in [0.2, 0.25) is 0 Å². The third kappa shape index (κ3) is 4.94. The Hall–Kier alpha value is -0.120. The molecule has 1 unspecified atom stereocenters. The fraction of sp³-hybridized carbons (Fsp3) is 1.00. The second kappa shape index (κ2) is 6.72. The van der Waals surface area contributed by atoms with E-state index in [1.54, 1.807) is 7.11 Å². The summed E-state index contributed by atoms with van der Waals surface area (Å²) in [5.74, 6) is 0.843. The molecule has 1 saturated carbocycles. The molecule has 1 aliphatic carbocycles. The quantitative estimate of drug-likeness (QED) is 0.778. The van der Waals surface area contributed by atoms with Crippen LogP contribution < -0.4 is 5.32 Å². The lowest BCUT2D eigenvalue weighted by molar-refractivity contribution is 0.105. The van der Waals surface area contributed by atoms with Gasteiger partial charge in [0.15, 0.2) is 0 Å². The zero-order chi connectivity index (χ0) is 12.9. The van der Waals surface area contributed by atoms with Gasteiger partial charge in [0.05, 0.1) is 19.3 Å². The monoisotopic (exact) mass is 243 g/mol. The highest BCUT2D eigenvalue weighted by Crippen LogP contribution is 2.37. The molecule has 17 heavy (non-hydrogen) atoms. The number of methoxy groups -OCH3 is 1. The van der Waals surface area contributed by atoms with Crippen molar-refractivity contribution in [2.45, 2.75) is 58.5 Å². The molecule has 3 nitrogen and oxygen atoms in total. The first kappa shape index (κ1) is 14.9. The summed E-state index contributed by atoms with van der Waals surface area (Å²) in [6.07, 6.45) is 5.04. The van der Waals surface area contributed by atoms with Gasteiger partial charge in [-0.2, -0.15) is 0 Å². The second-order valence-electron chi connectivity index (χ2n) is 6.42. The van der Waals surface area contributed by atoms with Gasteiger partial charge in [-0.3, -0.25) is 0 Å². The Morgan fingerprint density at radius 1 is 1.24 bits per heavy atom. The topological polar surface area (TPSA) is 41.5 Å². The summed E-state index contributed by atoms with van der Waals surface area (Å²) < 4.78 is 5.09. The fourth-order valence-electron chi connectivity index (χ4n) is 2.81. The largest absolute Gasteiger partial charge is 0.395 e. The summed E-state index contributed by atoms with van der Waals surface area (Å²) in [5.41, 5.74) is 0.438. The van der Waals surface area contributed by atoms with Gasteiger partial charge in [-0.1, -0.05) is 20.8 Å². The number of hydrogen-bond acceptors (Lipinski definition) is 3. The van der Waals surface area contributed by atoms with Gasteiger partial charge in [-0.25, -0.2) is 0 Å². The minimum Gasteiger partial charge on any atom is -0.395 e. The van der Waals surface area contributed by atoms with Crippen molar-refractivity contribution in [3.05, 3.63) is 0 Å². The van der Waals surface area contributed by atoms with E-state index >= 15 is 0 Å². The molecule has 1 fully saturated rings. The van der Waals surface area contributed by atoms with Crippen molar-refractivity contribution in [2.24, 2.45) is 11.3 Å². The van der Waals surface area contributed by atoms with Gasteiger partial charge in [-0.05, 0) is 37.0 Å². The first-order chi connectivity index (χ1) is 7.97. The second-order valence-corrected chi connectivity index (χ2v) is 6.42. The molecule has 0 aliphatic heterocycles. The molecule has 0 bridgehead atoms. The van der Waals surface area contributed by atoms with E-state index in [9.17, 15) is 5.11 Å². The van der Waals surface area contributed by atoms with E-state index in [1.165, 1.54) is 25.7 Å². The Balaban J connectivity index is 2.31. The Kier molecular flexibility index (Phi) is 5.90. The number of nitrogens with one attached hydrogen (secondary N) is 1. The van der Waals surface area contributed by atoms with Gasteiger partial charge in [0.2, 0.25) is 0 Å². The summed E-state index contributed by atoms with van der Waals surface area (Å²) in [5, 5.41) is 12.7. The van der Waals surface area contributed by atoms with Crippen LogP contribution in [-0.2, 0) is 4.74 Å². The van der Waals surface area contributed by atoms with Gasteiger partial charge in [0.1, 0.15) is 0 Å². The Morgan fingerprint density at radius 2 is 1.82 bits per heavy atom. The van der Waals surface area contributed by atoms with Crippen LogP contribution in [0.25, 0.3) is 0 Å². The molecule has 0 radical (unpaired) electrons. The van der Waals surface area contributed by atoms with E-state index in [-0.39, 0.29) is 12.6 Å². The molecule has 0 amide bonds. The minimum atomic E-state index is 0.0937. The van der Waals surface area contributed by atoms with E-state index in [1.807, 2.05) is 0 Å². The van der Waals surface area contributed by atoms with Gasteiger partial charge in [0.25, 0.3) is 0 Å². The molecule has 0 aromatic rings. The smallest absolute Gasteiger partial charge is 0.0638 e. The molecule has 0 saturated heterocycles. The highest BCUT2D eigenvalue weighted by atomic mass is 16.5. The van der Waals surface area contributed by atoms with E-state index in [2.05, 4.69) is 26.1 Å². The van der Waals surface area contributed by atoms with Crippen LogP contribution in [-0.4, -0.2) is 37.5 Å². The predicted molar refractivity (Wildman–Crippen MR) is 71.1 cm³/mol. The maximum absolute atomic E-state index is 9.23. The van der Waals surface area contributed by atoms with Crippen molar-refractivity contribution >= 4 is 0 Å². The molecule has 1 atom stereocenters. The van der Waals surface area contributed by atoms with Crippen LogP contribution in [0.1, 0.15) is 46.5 Å². The molecule has 1 aliphatic rings. The number of ether oxygens (including phenoxy) is 1. The van der Waals surface area contributed by atoms with E-state index in [4.69, 9.17) is 4.74 Å². The van der Waals surface area contributed by atoms with Crippen LogP contribution >= 0.6 is 0 Å². The first-order valence-corrected chi connectivity index (χ1v) is 6.83. The number of hydrogen-bond donors (Lipinski definition) is 2. The number of rotatable bonds is 5. The Morgan fingerprint density at radius 3 is 2.24 bits per heavy atom. The lowest BCUT2D eigenvalue weighted by Crippen LogP contribution is -2.45. The summed E-state index contributed by atoms with van der Waals surface area (Å²) in [7, 11) is 1.68. The maximum atomic E-state index is 9.23. The van der Waals surface area contributed by atoms with Crippen molar-refractivity contribution < 1.29 is 9.84 Å². The standard InChI is InChI=1S/C14H29NO2/c1-14(2,3)11-5-7-12(8-6-11)15-13(9-16)10-17-4/h11-13,15-16H,5-10H2,1-4H3. The maximum Gasteiger partial charge on any atom is 0.0638 e. The minimum absolute atomic E-state index is 0.0937. The number of aliphatic hydroxyl groups is 1. The van der Waals surface area contributed by atoms with Crippen LogP contribution in [0, 0.1) is 11.3 Å². The Bertz CT molecular complexity index is 205. The van der Waals surface area contributed by atoms with Gasteiger partial charge in [0, 0.05) is 13.2 Å². The normalized spacial score (nSPS) is 28.1. The van der Waals surface area contributed by atoms with E-state index < -0.39 is 0 Å². The predicted octanol–water partition coefficient (Wildman–Crippen LogP) is 2.19. The van der Waals surface area contributed by atoms with Crippen LogP contribution in [0.5, 0.6) is 0 Å². The molecule has 0 aromatic carbocycles. The van der Waals surface area contributed by atoms with Crippen molar-refractivity contribution in [1.82, 2.24) is 5.32 Å². The van der Waals surface area contributed by atoms with Gasteiger partial charge in [-0.15, -0.1) is 0 Å². The fourth-order valence-corrected chi connectivity index (χ4v) is 2.81. The Labute approximate surface area is 106 Å². The first-order valence-electron chi connectivity index (χ1n) is 6.83. The molecular weight excluding hydrogens is 214 g/mol. The molecule has 0 heterocycles. The summed E-state index contributed by atoms with van der Waals surface area (Å²) >= 11 is 0. The highest BCUT2D eigenvalue weighted by Gasteiger charge is 2.30. The molecule has 102 valence electrons. The van der Waals surface area contributed by atoms with Crippen molar-refractivity contribution in [1.29, 1.82) is 0 Å². The van der Waals surface area contributed by atoms with Gasteiger partial charge >= 0.3 is 0 Å².